The van der Waals surface area contributed by atoms with Crippen LogP contribution < -0.4 is 5.32 Å². The maximum absolute atomic E-state index is 6.08. The number of hydrogen-bond donors (Lipinski definition) is 1. The van der Waals surface area contributed by atoms with E-state index in [-0.39, 0.29) is 0 Å². The third-order valence-corrected chi connectivity index (χ3v) is 6.89. The molecule has 2 unspecified atom stereocenters. The first-order chi connectivity index (χ1) is 13.7. The summed E-state index contributed by atoms with van der Waals surface area (Å²) in [6, 6.07) is 0.514. The minimum atomic E-state index is 0.341. The van der Waals surface area contributed by atoms with Gasteiger partial charge in [0.05, 0.1) is 12.2 Å². The Morgan fingerprint density at radius 3 is 2.50 bits per heavy atom. The second kappa shape index (κ2) is 10.8. The van der Waals surface area contributed by atoms with E-state index in [1.807, 2.05) is 0 Å². The number of likely N-dealkylation sites (tertiary alicyclic amines) is 1. The highest BCUT2D eigenvalue weighted by Gasteiger charge is 2.57. The molecule has 1 aliphatic heterocycles. The SMILES string of the molecule is CCN=C(NC1CC(OCC)C12CCCC2)N1CCC(OCCCOC)CC1. The van der Waals surface area contributed by atoms with E-state index < -0.39 is 0 Å². The Bertz CT molecular complexity index is 485. The van der Waals surface area contributed by atoms with Crippen molar-refractivity contribution in [3.05, 3.63) is 0 Å². The summed E-state index contributed by atoms with van der Waals surface area (Å²) in [5, 5.41) is 3.86. The molecule has 0 amide bonds. The van der Waals surface area contributed by atoms with Gasteiger partial charge in [-0.2, -0.15) is 0 Å². The summed E-state index contributed by atoms with van der Waals surface area (Å²) < 4.78 is 17.2. The molecule has 2 atom stereocenters. The van der Waals surface area contributed by atoms with Gasteiger partial charge in [0.2, 0.25) is 0 Å². The second-order valence-corrected chi connectivity index (χ2v) is 8.52. The number of ether oxygens (including phenoxy) is 3. The molecule has 0 radical (unpaired) electrons. The first-order valence-electron chi connectivity index (χ1n) is 11.5. The van der Waals surface area contributed by atoms with Crippen LogP contribution in [0.4, 0.5) is 0 Å². The quantitative estimate of drug-likeness (QED) is 0.369. The molecule has 162 valence electrons. The largest absolute Gasteiger partial charge is 0.385 e. The lowest BCUT2D eigenvalue weighted by atomic mass is 9.60. The highest BCUT2D eigenvalue weighted by atomic mass is 16.5. The van der Waals surface area contributed by atoms with Crippen LogP contribution in [0.5, 0.6) is 0 Å². The van der Waals surface area contributed by atoms with Crippen LogP contribution in [0.3, 0.4) is 0 Å². The Morgan fingerprint density at radius 2 is 1.86 bits per heavy atom. The molecule has 1 spiro atoms. The Labute approximate surface area is 171 Å². The normalized spacial score (nSPS) is 28.0. The Morgan fingerprint density at radius 1 is 1.11 bits per heavy atom. The van der Waals surface area contributed by atoms with Gasteiger partial charge in [-0.05, 0) is 52.4 Å². The summed E-state index contributed by atoms with van der Waals surface area (Å²) in [7, 11) is 1.74. The van der Waals surface area contributed by atoms with Crippen molar-refractivity contribution in [2.45, 2.75) is 83.5 Å². The van der Waals surface area contributed by atoms with Crippen molar-refractivity contribution < 1.29 is 14.2 Å². The monoisotopic (exact) mass is 395 g/mol. The van der Waals surface area contributed by atoms with Crippen molar-refractivity contribution in [3.63, 3.8) is 0 Å². The number of hydrogen-bond acceptors (Lipinski definition) is 4. The molecule has 2 aliphatic carbocycles. The van der Waals surface area contributed by atoms with Crippen LogP contribution in [0, 0.1) is 5.41 Å². The van der Waals surface area contributed by atoms with Crippen molar-refractivity contribution >= 4 is 5.96 Å². The molecule has 1 saturated heterocycles. The van der Waals surface area contributed by atoms with E-state index in [2.05, 4.69) is 24.1 Å². The van der Waals surface area contributed by atoms with Gasteiger partial charge in [-0.1, -0.05) is 12.8 Å². The number of aliphatic imine (C=N–C) groups is 1. The fourth-order valence-electron chi connectivity index (χ4n) is 5.32. The van der Waals surface area contributed by atoms with E-state index in [4.69, 9.17) is 19.2 Å². The first-order valence-corrected chi connectivity index (χ1v) is 11.5. The van der Waals surface area contributed by atoms with Gasteiger partial charge < -0.3 is 24.4 Å². The molecule has 0 aromatic rings. The van der Waals surface area contributed by atoms with Gasteiger partial charge in [-0.25, -0.2) is 0 Å². The molecule has 0 aromatic carbocycles. The van der Waals surface area contributed by atoms with Crippen LogP contribution in [0.25, 0.3) is 0 Å². The van der Waals surface area contributed by atoms with Crippen molar-refractivity contribution in [2.75, 3.05) is 46.6 Å². The van der Waals surface area contributed by atoms with Gasteiger partial charge in [0.1, 0.15) is 0 Å². The Hall–Kier alpha value is -0.850. The van der Waals surface area contributed by atoms with E-state index in [9.17, 15) is 0 Å². The number of nitrogens with zero attached hydrogens (tertiary/aromatic N) is 2. The zero-order valence-corrected chi connectivity index (χ0v) is 18.3. The number of piperidine rings is 1. The van der Waals surface area contributed by atoms with Crippen LogP contribution in [0.1, 0.15) is 65.2 Å². The van der Waals surface area contributed by atoms with Gasteiger partial charge in [0, 0.05) is 58.0 Å². The van der Waals surface area contributed by atoms with Crippen LogP contribution in [0.2, 0.25) is 0 Å². The highest BCUT2D eigenvalue weighted by Crippen LogP contribution is 2.54. The van der Waals surface area contributed by atoms with Crippen molar-refractivity contribution in [1.82, 2.24) is 10.2 Å². The van der Waals surface area contributed by atoms with E-state index in [1.54, 1.807) is 7.11 Å². The van der Waals surface area contributed by atoms with Gasteiger partial charge in [-0.3, -0.25) is 4.99 Å². The van der Waals surface area contributed by atoms with Gasteiger partial charge in [-0.15, -0.1) is 0 Å². The number of nitrogens with one attached hydrogen (secondary N) is 1. The summed E-state index contributed by atoms with van der Waals surface area (Å²) >= 11 is 0. The molecular formula is C22H41N3O3. The van der Waals surface area contributed by atoms with Crippen molar-refractivity contribution in [2.24, 2.45) is 10.4 Å². The maximum Gasteiger partial charge on any atom is 0.194 e. The van der Waals surface area contributed by atoms with Crippen molar-refractivity contribution in [1.29, 1.82) is 0 Å². The van der Waals surface area contributed by atoms with Gasteiger partial charge in [0.15, 0.2) is 5.96 Å². The summed E-state index contributed by atoms with van der Waals surface area (Å²) in [4.78, 5) is 7.28. The lowest BCUT2D eigenvalue weighted by molar-refractivity contribution is -0.126. The first kappa shape index (κ1) is 21.8. The lowest BCUT2D eigenvalue weighted by Gasteiger charge is -2.55. The predicted molar refractivity (Wildman–Crippen MR) is 113 cm³/mol. The summed E-state index contributed by atoms with van der Waals surface area (Å²) in [5.41, 5.74) is 0.341. The Balaban J connectivity index is 1.50. The molecule has 1 heterocycles. The molecule has 2 saturated carbocycles. The van der Waals surface area contributed by atoms with Crippen LogP contribution in [-0.4, -0.2) is 75.7 Å². The van der Waals surface area contributed by atoms with Crippen LogP contribution in [0.15, 0.2) is 4.99 Å². The van der Waals surface area contributed by atoms with E-state index in [0.29, 0.717) is 23.7 Å². The Kier molecular flexibility index (Phi) is 8.42. The average molecular weight is 396 g/mol. The maximum atomic E-state index is 6.08. The molecule has 3 fully saturated rings. The summed E-state index contributed by atoms with van der Waals surface area (Å²) in [5.74, 6) is 1.10. The van der Waals surface area contributed by atoms with Crippen LogP contribution in [-0.2, 0) is 14.2 Å². The van der Waals surface area contributed by atoms with Gasteiger partial charge >= 0.3 is 0 Å². The molecule has 6 heteroatoms. The molecule has 3 aliphatic rings. The molecule has 1 N–H and O–H groups in total. The standard InChI is InChI=1S/C22H41N3O3/c1-4-23-21(25-13-9-18(10-14-25)28-16-8-15-26-3)24-19-17-20(27-5-2)22(19)11-6-7-12-22/h18-20H,4-17H2,1-3H3,(H,23,24). The zero-order valence-electron chi connectivity index (χ0n) is 18.3. The molecule has 0 aromatic heterocycles. The molecule has 28 heavy (non-hydrogen) atoms. The summed E-state index contributed by atoms with van der Waals surface area (Å²) in [6.45, 7) is 9.53. The fourth-order valence-corrected chi connectivity index (χ4v) is 5.32. The number of rotatable bonds is 9. The predicted octanol–water partition coefficient (Wildman–Crippen LogP) is 3.21. The molecule has 3 rings (SSSR count). The molecule has 0 bridgehead atoms. The van der Waals surface area contributed by atoms with E-state index >= 15 is 0 Å². The van der Waals surface area contributed by atoms with E-state index in [0.717, 1.165) is 71.1 Å². The molecular weight excluding hydrogens is 354 g/mol. The topological polar surface area (TPSA) is 55.3 Å². The fraction of sp³-hybridized carbons (Fsp3) is 0.955. The van der Waals surface area contributed by atoms with E-state index in [1.165, 1.54) is 25.7 Å². The number of methoxy groups -OCH3 is 1. The average Bonchev–Trinajstić information content (AvgIpc) is 3.23. The lowest BCUT2D eigenvalue weighted by Crippen LogP contribution is -2.65. The molecule has 6 nitrogen and oxygen atoms in total. The highest BCUT2D eigenvalue weighted by molar-refractivity contribution is 5.80. The zero-order chi connectivity index (χ0) is 19.8. The summed E-state index contributed by atoms with van der Waals surface area (Å²) in [6.07, 6.45) is 10.3. The minimum Gasteiger partial charge on any atom is -0.385 e. The minimum absolute atomic E-state index is 0.341. The smallest absolute Gasteiger partial charge is 0.194 e. The third-order valence-electron chi connectivity index (χ3n) is 6.89. The second-order valence-electron chi connectivity index (χ2n) is 8.52. The van der Waals surface area contributed by atoms with Crippen LogP contribution >= 0.6 is 0 Å². The van der Waals surface area contributed by atoms with Crippen molar-refractivity contribution in [3.8, 4) is 0 Å². The number of guanidine groups is 1. The third kappa shape index (κ3) is 5.00. The van der Waals surface area contributed by atoms with Gasteiger partial charge in [0.25, 0.3) is 0 Å².